The molecule has 0 bridgehead atoms. The first-order valence-corrected chi connectivity index (χ1v) is 8.84. The molecular weight excluding hydrogens is 349 g/mol. The number of hydrogen-bond donors (Lipinski definition) is 2. The van der Waals surface area contributed by atoms with E-state index >= 15 is 0 Å². The van der Waals surface area contributed by atoms with Gasteiger partial charge in [-0.3, -0.25) is 4.99 Å². The number of nitrogens with zero attached hydrogens (tertiary/aromatic N) is 2. The van der Waals surface area contributed by atoms with Gasteiger partial charge in [-0.05, 0) is 30.5 Å². The van der Waals surface area contributed by atoms with Crippen LogP contribution in [0.25, 0.3) is 0 Å². The fraction of sp³-hybridized carbons (Fsp3) is 0.412. The van der Waals surface area contributed by atoms with Gasteiger partial charge in [0, 0.05) is 19.0 Å². The molecular formula is C17H21F3N4S. The summed E-state index contributed by atoms with van der Waals surface area (Å²) < 4.78 is 37.6. The van der Waals surface area contributed by atoms with E-state index in [4.69, 9.17) is 0 Å². The second-order valence-corrected chi connectivity index (χ2v) is 6.33. The van der Waals surface area contributed by atoms with Gasteiger partial charge in [-0.2, -0.15) is 13.2 Å². The summed E-state index contributed by atoms with van der Waals surface area (Å²) in [5.74, 6) is 0.637. The van der Waals surface area contributed by atoms with Crippen LogP contribution in [0.3, 0.4) is 0 Å². The van der Waals surface area contributed by atoms with E-state index in [-0.39, 0.29) is 0 Å². The van der Waals surface area contributed by atoms with Crippen LogP contribution in [0.1, 0.15) is 28.8 Å². The first kappa shape index (κ1) is 19.2. The average Bonchev–Trinajstić information content (AvgIpc) is 3.05. The highest BCUT2D eigenvalue weighted by atomic mass is 32.1. The largest absolute Gasteiger partial charge is 0.416 e. The zero-order valence-corrected chi connectivity index (χ0v) is 15.0. The number of nitrogens with one attached hydrogen (secondary N) is 2. The topological polar surface area (TPSA) is 49.3 Å². The molecule has 0 radical (unpaired) electrons. The highest BCUT2D eigenvalue weighted by Crippen LogP contribution is 2.29. The summed E-state index contributed by atoms with van der Waals surface area (Å²) in [7, 11) is 1.67. The molecule has 4 nitrogen and oxygen atoms in total. The van der Waals surface area contributed by atoms with Gasteiger partial charge in [-0.15, -0.1) is 11.3 Å². The van der Waals surface area contributed by atoms with Crippen LogP contribution in [0, 0.1) is 0 Å². The average molecular weight is 370 g/mol. The standard InChI is InChI=1S/C17H21F3N4S/c1-3-15-24-14(11-25-15)10-23-16(21-2)22-9-8-12-4-6-13(7-5-12)17(18,19)20/h4-7,11H,3,8-10H2,1-2H3,(H2,21,22,23). The molecule has 0 unspecified atom stereocenters. The Balaban J connectivity index is 1.77. The summed E-state index contributed by atoms with van der Waals surface area (Å²) in [4.78, 5) is 8.60. The molecule has 0 spiro atoms. The molecule has 25 heavy (non-hydrogen) atoms. The minimum absolute atomic E-state index is 0.572. The molecule has 2 aromatic rings. The van der Waals surface area contributed by atoms with Gasteiger partial charge in [0.05, 0.1) is 22.8 Å². The Morgan fingerprint density at radius 3 is 2.48 bits per heavy atom. The molecule has 1 aromatic heterocycles. The summed E-state index contributed by atoms with van der Waals surface area (Å²) in [5.41, 5.74) is 1.17. The van der Waals surface area contributed by atoms with Crippen molar-refractivity contribution in [1.29, 1.82) is 0 Å². The van der Waals surface area contributed by atoms with Crippen molar-refractivity contribution in [3.8, 4) is 0 Å². The van der Waals surface area contributed by atoms with Crippen molar-refractivity contribution < 1.29 is 13.2 Å². The molecule has 2 rings (SSSR count). The smallest absolute Gasteiger partial charge is 0.356 e. The summed E-state index contributed by atoms with van der Waals surface area (Å²) in [6.45, 7) is 3.22. The van der Waals surface area contributed by atoms with Crippen molar-refractivity contribution in [2.75, 3.05) is 13.6 Å². The van der Waals surface area contributed by atoms with Crippen molar-refractivity contribution in [2.24, 2.45) is 4.99 Å². The van der Waals surface area contributed by atoms with Gasteiger partial charge in [0.2, 0.25) is 0 Å². The molecule has 0 aliphatic carbocycles. The van der Waals surface area contributed by atoms with E-state index < -0.39 is 11.7 Å². The van der Waals surface area contributed by atoms with Crippen molar-refractivity contribution in [3.63, 3.8) is 0 Å². The molecule has 0 saturated carbocycles. The Hall–Kier alpha value is -2.09. The van der Waals surface area contributed by atoms with Gasteiger partial charge in [0.15, 0.2) is 5.96 Å². The van der Waals surface area contributed by atoms with Gasteiger partial charge in [0.25, 0.3) is 0 Å². The van der Waals surface area contributed by atoms with Crippen LogP contribution in [-0.4, -0.2) is 24.5 Å². The molecule has 0 fully saturated rings. The van der Waals surface area contributed by atoms with E-state index in [2.05, 4.69) is 27.5 Å². The number of hydrogen-bond acceptors (Lipinski definition) is 3. The number of rotatable bonds is 6. The first-order chi connectivity index (χ1) is 11.9. The Morgan fingerprint density at radius 1 is 1.20 bits per heavy atom. The van der Waals surface area contributed by atoms with E-state index in [0.717, 1.165) is 34.8 Å². The number of aryl methyl sites for hydroxylation is 1. The minimum atomic E-state index is -4.30. The summed E-state index contributed by atoms with van der Waals surface area (Å²) in [6, 6.07) is 5.22. The molecule has 8 heteroatoms. The maximum absolute atomic E-state index is 12.5. The predicted molar refractivity (Wildman–Crippen MR) is 94.8 cm³/mol. The van der Waals surface area contributed by atoms with E-state index in [1.165, 1.54) is 12.1 Å². The lowest BCUT2D eigenvalue weighted by atomic mass is 10.1. The van der Waals surface area contributed by atoms with E-state index in [9.17, 15) is 13.2 Å². The lowest BCUT2D eigenvalue weighted by molar-refractivity contribution is -0.137. The lowest BCUT2D eigenvalue weighted by Crippen LogP contribution is -2.37. The molecule has 0 aliphatic rings. The number of halogens is 3. The molecule has 0 aliphatic heterocycles. The molecule has 1 heterocycles. The van der Waals surface area contributed by atoms with Gasteiger partial charge in [0.1, 0.15) is 0 Å². The molecule has 1 aromatic carbocycles. The SMILES string of the molecule is CCc1nc(CNC(=NC)NCCc2ccc(C(F)(F)F)cc2)cs1. The molecule has 0 amide bonds. The second kappa shape index (κ2) is 8.84. The Morgan fingerprint density at radius 2 is 1.92 bits per heavy atom. The van der Waals surface area contributed by atoms with Crippen LogP contribution in [0.4, 0.5) is 13.2 Å². The quantitative estimate of drug-likeness (QED) is 0.603. The van der Waals surface area contributed by atoms with Crippen molar-refractivity contribution in [2.45, 2.75) is 32.5 Å². The van der Waals surface area contributed by atoms with Gasteiger partial charge >= 0.3 is 6.18 Å². The van der Waals surface area contributed by atoms with Crippen molar-refractivity contribution >= 4 is 17.3 Å². The van der Waals surface area contributed by atoms with Gasteiger partial charge in [-0.1, -0.05) is 19.1 Å². The molecule has 0 saturated heterocycles. The van der Waals surface area contributed by atoms with Gasteiger partial charge < -0.3 is 10.6 Å². The van der Waals surface area contributed by atoms with Crippen molar-refractivity contribution in [1.82, 2.24) is 15.6 Å². The van der Waals surface area contributed by atoms with Crippen molar-refractivity contribution in [3.05, 3.63) is 51.5 Å². The van der Waals surface area contributed by atoms with E-state index in [1.54, 1.807) is 18.4 Å². The summed E-state index contributed by atoms with van der Waals surface area (Å²) in [5, 5.41) is 9.43. The third-order valence-corrected chi connectivity index (χ3v) is 4.59. The third-order valence-electron chi connectivity index (χ3n) is 3.55. The van der Waals surface area contributed by atoms with Crippen LogP contribution in [-0.2, 0) is 25.6 Å². The monoisotopic (exact) mass is 370 g/mol. The summed E-state index contributed by atoms with van der Waals surface area (Å²) >= 11 is 1.64. The maximum Gasteiger partial charge on any atom is 0.416 e. The zero-order chi connectivity index (χ0) is 18.3. The number of thiazole rings is 1. The van der Waals surface area contributed by atoms with Crippen LogP contribution < -0.4 is 10.6 Å². The number of benzene rings is 1. The van der Waals surface area contributed by atoms with E-state index in [1.807, 2.05) is 5.38 Å². The molecule has 0 atom stereocenters. The fourth-order valence-electron chi connectivity index (χ4n) is 2.17. The number of aliphatic imine (C=N–C) groups is 1. The maximum atomic E-state index is 12.5. The van der Waals surface area contributed by atoms with Crippen LogP contribution in [0.2, 0.25) is 0 Å². The van der Waals surface area contributed by atoms with Crippen LogP contribution >= 0.6 is 11.3 Å². The second-order valence-electron chi connectivity index (χ2n) is 5.38. The van der Waals surface area contributed by atoms with E-state index in [0.29, 0.717) is 25.5 Å². The number of aromatic nitrogens is 1. The highest BCUT2D eigenvalue weighted by Gasteiger charge is 2.29. The Bertz CT molecular complexity index is 693. The lowest BCUT2D eigenvalue weighted by Gasteiger charge is -2.11. The Labute approximate surface area is 149 Å². The van der Waals surface area contributed by atoms with Crippen LogP contribution in [0.5, 0.6) is 0 Å². The number of alkyl halides is 3. The number of guanidine groups is 1. The fourth-order valence-corrected chi connectivity index (χ4v) is 2.92. The minimum Gasteiger partial charge on any atom is -0.356 e. The third kappa shape index (κ3) is 6.04. The van der Waals surface area contributed by atoms with Gasteiger partial charge in [-0.25, -0.2) is 4.98 Å². The predicted octanol–water partition coefficient (Wildman–Crippen LogP) is 3.63. The molecule has 136 valence electrons. The first-order valence-electron chi connectivity index (χ1n) is 7.96. The zero-order valence-electron chi connectivity index (χ0n) is 14.2. The highest BCUT2D eigenvalue weighted by molar-refractivity contribution is 7.09. The molecule has 2 N–H and O–H groups in total. The Kier molecular flexibility index (Phi) is 6.81. The normalized spacial score (nSPS) is 12.3. The van der Waals surface area contributed by atoms with Crippen LogP contribution in [0.15, 0.2) is 34.6 Å². The summed E-state index contributed by atoms with van der Waals surface area (Å²) in [6.07, 6.45) is -2.77.